The topological polar surface area (TPSA) is 44.5 Å². The Morgan fingerprint density at radius 2 is 1.90 bits per heavy atom. The molecule has 3 nitrogen and oxygen atoms in total. The molecule has 0 amide bonds. The molecule has 1 unspecified atom stereocenters. The summed E-state index contributed by atoms with van der Waals surface area (Å²) in [7, 11) is 0. The van der Waals surface area contributed by atoms with E-state index in [2.05, 4.69) is 0 Å². The second-order valence-corrected chi connectivity index (χ2v) is 6.47. The summed E-state index contributed by atoms with van der Waals surface area (Å²) >= 11 is 0. The predicted molar refractivity (Wildman–Crippen MR) is 76.1 cm³/mol. The van der Waals surface area contributed by atoms with Crippen LogP contribution in [0.2, 0.25) is 0 Å². The molecule has 0 aromatic heterocycles. The van der Waals surface area contributed by atoms with Crippen LogP contribution in [0.1, 0.15) is 44.7 Å². The van der Waals surface area contributed by atoms with E-state index in [1.807, 2.05) is 13.0 Å². The van der Waals surface area contributed by atoms with Crippen molar-refractivity contribution in [3.05, 3.63) is 23.3 Å². The van der Waals surface area contributed by atoms with Crippen molar-refractivity contribution in [2.45, 2.75) is 50.7 Å². The van der Waals surface area contributed by atoms with Crippen LogP contribution in [0.3, 0.4) is 0 Å². The third-order valence-corrected chi connectivity index (χ3v) is 4.53. The van der Waals surface area contributed by atoms with Crippen molar-refractivity contribution in [2.75, 3.05) is 13.2 Å². The molecule has 1 aliphatic carbocycles. The summed E-state index contributed by atoms with van der Waals surface area (Å²) in [5.74, 6) is 1.42. The summed E-state index contributed by atoms with van der Waals surface area (Å²) in [6.07, 6.45) is 2.05. The maximum absolute atomic E-state index is 14.4. The van der Waals surface area contributed by atoms with Gasteiger partial charge in [-0.3, -0.25) is 0 Å². The summed E-state index contributed by atoms with van der Waals surface area (Å²) in [6, 6.07) is 3.70. The molecule has 4 heteroatoms. The van der Waals surface area contributed by atoms with Gasteiger partial charge in [0.15, 0.2) is 11.5 Å². The van der Waals surface area contributed by atoms with E-state index in [0.717, 1.165) is 24.2 Å². The summed E-state index contributed by atoms with van der Waals surface area (Å²) in [5.41, 5.74) is 6.33. The van der Waals surface area contributed by atoms with Gasteiger partial charge in [0.25, 0.3) is 0 Å². The van der Waals surface area contributed by atoms with Crippen LogP contribution < -0.4 is 15.2 Å². The van der Waals surface area contributed by atoms with E-state index in [-0.39, 0.29) is 11.5 Å². The molecular formula is C16H22FNO2. The van der Waals surface area contributed by atoms with E-state index < -0.39 is 5.67 Å². The molecule has 1 fully saturated rings. The second kappa shape index (κ2) is 4.35. The SMILES string of the molecule is CC(N)C1(c2cc(C(C)(C)F)cc3c2OCCO3)CC1. The smallest absolute Gasteiger partial charge is 0.165 e. The van der Waals surface area contributed by atoms with Crippen LogP contribution in [0.4, 0.5) is 4.39 Å². The minimum Gasteiger partial charge on any atom is -0.486 e. The number of benzene rings is 1. The van der Waals surface area contributed by atoms with Crippen molar-refractivity contribution in [1.82, 2.24) is 0 Å². The van der Waals surface area contributed by atoms with Crippen LogP contribution in [0.5, 0.6) is 11.5 Å². The van der Waals surface area contributed by atoms with E-state index in [0.29, 0.717) is 24.5 Å². The number of hydrogen-bond donors (Lipinski definition) is 1. The van der Waals surface area contributed by atoms with Gasteiger partial charge >= 0.3 is 0 Å². The Balaban J connectivity index is 2.17. The second-order valence-electron chi connectivity index (χ2n) is 6.47. The molecule has 1 saturated carbocycles. The Kier molecular flexibility index (Phi) is 2.98. The maximum atomic E-state index is 14.4. The Hall–Kier alpha value is -1.29. The van der Waals surface area contributed by atoms with Crippen molar-refractivity contribution in [1.29, 1.82) is 0 Å². The van der Waals surface area contributed by atoms with Gasteiger partial charge in [-0.1, -0.05) is 0 Å². The predicted octanol–water partition coefficient (Wildman–Crippen LogP) is 3.04. The van der Waals surface area contributed by atoms with E-state index in [1.54, 1.807) is 19.9 Å². The highest BCUT2D eigenvalue weighted by Crippen LogP contribution is 2.56. The molecule has 1 aromatic rings. The molecule has 0 saturated heterocycles. The summed E-state index contributed by atoms with van der Waals surface area (Å²) in [6.45, 7) is 6.18. The zero-order valence-corrected chi connectivity index (χ0v) is 12.3. The van der Waals surface area contributed by atoms with Crippen molar-refractivity contribution in [2.24, 2.45) is 5.73 Å². The van der Waals surface area contributed by atoms with Crippen molar-refractivity contribution in [3.63, 3.8) is 0 Å². The molecule has 0 radical (unpaired) electrons. The molecule has 3 rings (SSSR count). The van der Waals surface area contributed by atoms with E-state index >= 15 is 0 Å². The van der Waals surface area contributed by atoms with Crippen LogP contribution in [-0.4, -0.2) is 19.3 Å². The fraction of sp³-hybridized carbons (Fsp3) is 0.625. The van der Waals surface area contributed by atoms with Gasteiger partial charge in [-0.05, 0) is 51.3 Å². The number of fused-ring (bicyclic) bond motifs is 1. The molecule has 2 N–H and O–H groups in total. The van der Waals surface area contributed by atoms with Gasteiger partial charge in [0.05, 0.1) is 0 Å². The molecule has 1 atom stereocenters. The molecule has 110 valence electrons. The van der Waals surface area contributed by atoms with Gasteiger partial charge < -0.3 is 15.2 Å². The van der Waals surface area contributed by atoms with E-state index in [1.165, 1.54) is 0 Å². The van der Waals surface area contributed by atoms with Crippen LogP contribution in [-0.2, 0) is 11.1 Å². The zero-order chi connectivity index (χ0) is 14.5. The van der Waals surface area contributed by atoms with Crippen molar-refractivity contribution < 1.29 is 13.9 Å². The number of rotatable bonds is 3. The lowest BCUT2D eigenvalue weighted by Crippen LogP contribution is -2.33. The summed E-state index contributed by atoms with van der Waals surface area (Å²) < 4.78 is 25.8. The Bertz CT molecular complexity index is 530. The molecule has 1 aromatic carbocycles. The lowest BCUT2D eigenvalue weighted by molar-refractivity contribution is 0.165. The molecule has 1 heterocycles. The largest absolute Gasteiger partial charge is 0.486 e. The first-order chi connectivity index (χ1) is 9.34. The monoisotopic (exact) mass is 279 g/mol. The zero-order valence-electron chi connectivity index (χ0n) is 12.3. The number of hydrogen-bond acceptors (Lipinski definition) is 3. The van der Waals surface area contributed by atoms with Crippen LogP contribution >= 0.6 is 0 Å². The van der Waals surface area contributed by atoms with Gasteiger partial charge in [0.1, 0.15) is 18.9 Å². The quantitative estimate of drug-likeness (QED) is 0.925. The third-order valence-electron chi connectivity index (χ3n) is 4.53. The highest BCUT2D eigenvalue weighted by Gasteiger charge is 2.50. The normalized spacial score (nSPS) is 21.4. The Labute approximate surface area is 119 Å². The first-order valence-electron chi connectivity index (χ1n) is 7.24. The van der Waals surface area contributed by atoms with Gasteiger partial charge in [-0.25, -0.2) is 4.39 Å². The molecule has 0 spiro atoms. The van der Waals surface area contributed by atoms with Gasteiger partial charge in [0, 0.05) is 17.0 Å². The average molecular weight is 279 g/mol. The van der Waals surface area contributed by atoms with Crippen LogP contribution in [0.15, 0.2) is 12.1 Å². The van der Waals surface area contributed by atoms with E-state index in [9.17, 15) is 4.39 Å². The van der Waals surface area contributed by atoms with Gasteiger partial charge in [-0.15, -0.1) is 0 Å². The first-order valence-corrected chi connectivity index (χ1v) is 7.24. The lowest BCUT2D eigenvalue weighted by Gasteiger charge is -2.29. The lowest BCUT2D eigenvalue weighted by atomic mass is 9.85. The summed E-state index contributed by atoms with van der Waals surface area (Å²) in [5, 5.41) is 0. The minimum atomic E-state index is -1.40. The molecular weight excluding hydrogens is 257 g/mol. The number of nitrogens with two attached hydrogens (primary N) is 1. The number of halogens is 1. The highest BCUT2D eigenvalue weighted by atomic mass is 19.1. The fourth-order valence-corrected chi connectivity index (χ4v) is 2.97. The van der Waals surface area contributed by atoms with Crippen LogP contribution in [0, 0.1) is 0 Å². The summed E-state index contributed by atoms with van der Waals surface area (Å²) in [4.78, 5) is 0. The van der Waals surface area contributed by atoms with Gasteiger partial charge in [0.2, 0.25) is 0 Å². The van der Waals surface area contributed by atoms with Crippen LogP contribution in [0.25, 0.3) is 0 Å². The molecule has 2 aliphatic rings. The molecule has 20 heavy (non-hydrogen) atoms. The third kappa shape index (κ3) is 2.06. The maximum Gasteiger partial charge on any atom is 0.165 e. The highest BCUT2D eigenvalue weighted by molar-refractivity contribution is 5.56. The first kappa shape index (κ1) is 13.7. The molecule has 0 bridgehead atoms. The van der Waals surface area contributed by atoms with E-state index in [4.69, 9.17) is 15.2 Å². The standard InChI is InChI=1S/C16H22FNO2/c1-10(18)16(4-5-16)12-8-11(15(2,3)17)9-13-14(12)20-7-6-19-13/h8-10H,4-7,18H2,1-3H3. The Morgan fingerprint density at radius 3 is 2.45 bits per heavy atom. The Morgan fingerprint density at radius 1 is 1.25 bits per heavy atom. The fourth-order valence-electron chi connectivity index (χ4n) is 2.97. The average Bonchev–Trinajstić information content (AvgIpc) is 3.17. The number of alkyl halides is 1. The minimum absolute atomic E-state index is 0.0232. The number of ether oxygens (including phenoxy) is 2. The molecule has 1 aliphatic heterocycles. The van der Waals surface area contributed by atoms with Crippen molar-refractivity contribution >= 4 is 0 Å². The van der Waals surface area contributed by atoms with Crippen molar-refractivity contribution in [3.8, 4) is 11.5 Å². The van der Waals surface area contributed by atoms with Gasteiger partial charge in [-0.2, -0.15) is 0 Å².